The van der Waals surface area contributed by atoms with Crippen LogP contribution in [0.5, 0.6) is 5.75 Å². The molecule has 1 aliphatic heterocycles. The number of carboxylic acid groups (broad SMARTS) is 1. The van der Waals surface area contributed by atoms with Gasteiger partial charge in [0, 0.05) is 12.8 Å². The van der Waals surface area contributed by atoms with Crippen LogP contribution >= 0.6 is 0 Å². The number of benzene rings is 1. The summed E-state index contributed by atoms with van der Waals surface area (Å²) in [4.78, 5) is 36.4. The van der Waals surface area contributed by atoms with Crippen molar-refractivity contribution in [2.45, 2.75) is 90.8 Å². The van der Waals surface area contributed by atoms with Crippen molar-refractivity contribution in [3.63, 3.8) is 0 Å². The van der Waals surface area contributed by atoms with Crippen molar-refractivity contribution in [1.29, 1.82) is 0 Å². The second-order valence-corrected chi connectivity index (χ2v) is 9.32. The fourth-order valence-electron chi connectivity index (χ4n) is 3.28. The Balaban J connectivity index is 2.20. The van der Waals surface area contributed by atoms with Crippen molar-refractivity contribution >= 4 is 23.5 Å². The SMILES string of the molecule is CC(C)OCc1ccc(NC(=O)[C@H](C)NC(=O)C(N)C(C)C)c(OC2CC(O)CC(C(=O)O)O2)c1. The largest absolute Gasteiger partial charge is 0.479 e. The number of aliphatic hydroxyl groups is 1. The molecule has 11 heteroatoms. The van der Waals surface area contributed by atoms with E-state index in [-0.39, 0.29) is 42.9 Å². The summed E-state index contributed by atoms with van der Waals surface area (Å²) in [7, 11) is 0. The highest BCUT2D eigenvalue weighted by molar-refractivity contribution is 5.98. The predicted octanol–water partition coefficient (Wildman–Crippen LogP) is 1.37. The van der Waals surface area contributed by atoms with Crippen LogP contribution in [-0.2, 0) is 30.5 Å². The minimum absolute atomic E-state index is 0.00595. The van der Waals surface area contributed by atoms with Crippen LogP contribution in [0.3, 0.4) is 0 Å². The number of ether oxygens (including phenoxy) is 3. The van der Waals surface area contributed by atoms with E-state index in [1.54, 1.807) is 18.2 Å². The lowest BCUT2D eigenvalue weighted by atomic mass is 10.0. The second-order valence-electron chi connectivity index (χ2n) is 9.32. The van der Waals surface area contributed by atoms with Crippen LogP contribution < -0.4 is 21.1 Å². The monoisotopic (exact) mass is 495 g/mol. The van der Waals surface area contributed by atoms with Crippen LogP contribution in [0.2, 0.25) is 0 Å². The summed E-state index contributed by atoms with van der Waals surface area (Å²) in [5, 5.41) is 24.7. The Hall–Kier alpha value is -2.73. The van der Waals surface area contributed by atoms with Crippen LogP contribution in [0.25, 0.3) is 0 Å². The number of rotatable bonds is 11. The molecule has 0 aliphatic carbocycles. The van der Waals surface area contributed by atoms with Crippen molar-refractivity contribution < 1.29 is 38.8 Å². The number of amides is 2. The van der Waals surface area contributed by atoms with E-state index >= 15 is 0 Å². The Bertz CT molecular complexity index is 892. The first kappa shape index (κ1) is 28.5. The van der Waals surface area contributed by atoms with Crippen molar-refractivity contribution in [2.75, 3.05) is 5.32 Å². The van der Waals surface area contributed by atoms with E-state index in [4.69, 9.17) is 19.9 Å². The minimum Gasteiger partial charge on any atom is -0.479 e. The first-order valence-corrected chi connectivity index (χ1v) is 11.7. The van der Waals surface area contributed by atoms with Crippen LogP contribution in [0.1, 0.15) is 53.0 Å². The quantitative estimate of drug-likeness (QED) is 0.304. The van der Waals surface area contributed by atoms with Gasteiger partial charge >= 0.3 is 5.97 Å². The fourth-order valence-corrected chi connectivity index (χ4v) is 3.28. The summed E-state index contributed by atoms with van der Waals surface area (Å²) in [5.41, 5.74) is 6.88. The minimum atomic E-state index is -1.21. The zero-order valence-corrected chi connectivity index (χ0v) is 20.8. The van der Waals surface area contributed by atoms with Gasteiger partial charge in [0.25, 0.3) is 0 Å². The summed E-state index contributed by atoms with van der Waals surface area (Å²) in [6.45, 7) is 9.23. The third kappa shape index (κ3) is 8.77. The lowest BCUT2D eigenvalue weighted by Crippen LogP contribution is -2.50. The molecule has 11 nitrogen and oxygen atoms in total. The van der Waals surface area contributed by atoms with E-state index < -0.39 is 48.4 Å². The van der Waals surface area contributed by atoms with Gasteiger partial charge < -0.3 is 40.8 Å². The lowest BCUT2D eigenvalue weighted by molar-refractivity contribution is -0.195. The molecule has 196 valence electrons. The molecule has 0 radical (unpaired) electrons. The zero-order chi connectivity index (χ0) is 26.3. The van der Waals surface area contributed by atoms with Gasteiger partial charge in [0.15, 0.2) is 6.10 Å². The molecule has 0 aromatic heterocycles. The fraction of sp³-hybridized carbons (Fsp3) is 0.625. The summed E-state index contributed by atoms with van der Waals surface area (Å²) in [5.74, 6) is -2.02. The molecule has 0 spiro atoms. The van der Waals surface area contributed by atoms with Crippen LogP contribution in [-0.4, -0.2) is 64.7 Å². The Morgan fingerprint density at radius 3 is 2.43 bits per heavy atom. The summed E-state index contributed by atoms with van der Waals surface area (Å²) < 4.78 is 17.0. The maximum Gasteiger partial charge on any atom is 0.333 e. The molecule has 2 rings (SSSR count). The van der Waals surface area contributed by atoms with E-state index in [9.17, 15) is 24.6 Å². The molecule has 1 saturated heterocycles. The first-order chi connectivity index (χ1) is 16.4. The molecule has 6 N–H and O–H groups in total. The molecular formula is C24H37N3O8. The number of aliphatic carboxylic acids is 1. The molecule has 2 amide bonds. The van der Waals surface area contributed by atoms with Gasteiger partial charge in [0.1, 0.15) is 11.8 Å². The van der Waals surface area contributed by atoms with Gasteiger partial charge in [-0.05, 0) is 44.4 Å². The van der Waals surface area contributed by atoms with Crippen molar-refractivity contribution in [3.05, 3.63) is 23.8 Å². The number of nitrogens with two attached hydrogens (primary N) is 1. The molecule has 1 heterocycles. The standard InChI is InChI=1S/C24H37N3O8/c1-12(2)21(25)23(30)26-14(5)22(29)27-17-7-6-15(11-33-13(3)4)8-18(17)34-20-10-16(28)9-19(35-20)24(31)32/h6-8,12-14,16,19-21,28H,9-11,25H2,1-5H3,(H,26,30)(H,27,29)(H,31,32)/t14-,16?,19?,20?,21?/m0/s1. The number of anilines is 1. The van der Waals surface area contributed by atoms with Gasteiger partial charge in [0.05, 0.1) is 30.5 Å². The third-order valence-corrected chi connectivity index (χ3v) is 5.46. The highest BCUT2D eigenvalue weighted by Crippen LogP contribution is 2.31. The lowest BCUT2D eigenvalue weighted by Gasteiger charge is -2.31. The number of carboxylic acids is 1. The number of hydrogen-bond donors (Lipinski definition) is 5. The highest BCUT2D eigenvalue weighted by Gasteiger charge is 2.34. The summed E-state index contributed by atoms with van der Waals surface area (Å²) >= 11 is 0. The number of aliphatic hydroxyl groups excluding tert-OH is 1. The Kier molecular flexibility index (Phi) is 10.4. The van der Waals surface area contributed by atoms with Crippen molar-refractivity contribution in [2.24, 2.45) is 11.7 Å². The van der Waals surface area contributed by atoms with Crippen molar-refractivity contribution in [3.8, 4) is 5.75 Å². The maximum atomic E-state index is 12.8. The Labute approximate surface area is 205 Å². The van der Waals surface area contributed by atoms with Crippen molar-refractivity contribution in [1.82, 2.24) is 5.32 Å². The molecule has 0 saturated carbocycles. The molecule has 1 fully saturated rings. The molecule has 5 atom stereocenters. The topological polar surface area (TPSA) is 169 Å². The average Bonchev–Trinajstić information content (AvgIpc) is 2.77. The Morgan fingerprint density at radius 1 is 1.14 bits per heavy atom. The molecule has 1 aromatic carbocycles. The molecule has 4 unspecified atom stereocenters. The molecule has 1 aliphatic rings. The number of nitrogens with one attached hydrogen (secondary N) is 2. The number of carbonyl (C=O) groups excluding carboxylic acids is 2. The smallest absolute Gasteiger partial charge is 0.333 e. The van der Waals surface area contributed by atoms with Crippen LogP contribution in [0, 0.1) is 5.92 Å². The van der Waals surface area contributed by atoms with Crippen LogP contribution in [0.4, 0.5) is 5.69 Å². The van der Waals surface area contributed by atoms with E-state index in [1.165, 1.54) is 6.92 Å². The van der Waals surface area contributed by atoms with E-state index in [1.807, 2.05) is 27.7 Å². The van der Waals surface area contributed by atoms with Gasteiger partial charge in [-0.25, -0.2) is 4.79 Å². The summed E-state index contributed by atoms with van der Waals surface area (Å²) in [6.07, 6.45) is -3.16. The third-order valence-electron chi connectivity index (χ3n) is 5.46. The number of carbonyl (C=O) groups is 3. The zero-order valence-electron chi connectivity index (χ0n) is 20.8. The van der Waals surface area contributed by atoms with E-state index in [0.717, 1.165) is 5.56 Å². The van der Waals surface area contributed by atoms with Gasteiger partial charge in [0.2, 0.25) is 18.1 Å². The highest BCUT2D eigenvalue weighted by atomic mass is 16.7. The van der Waals surface area contributed by atoms with Gasteiger partial charge in [-0.1, -0.05) is 19.9 Å². The molecule has 1 aromatic rings. The normalized spacial score (nSPS) is 21.9. The van der Waals surface area contributed by atoms with Gasteiger partial charge in [-0.15, -0.1) is 0 Å². The maximum absolute atomic E-state index is 12.8. The van der Waals surface area contributed by atoms with E-state index in [2.05, 4.69) is 10.6 Å². The average molecular weight is 496 g/mol. The van der Waals surface area contributed by atoms with Crippen LogP contribution in [0.15, 0.2) is 18.2 Å². The molecule has 0 bridgehead atoms. The van der Waals surface area contributed by atoms with Gasteiger partial charge in [-0.2, -0.15) is 0 Å². The predicted molar refractivity (Wildman–Crippen MR) is 128 cm³/mol. The molecule has 35 heavy (non-hydrogen) atoms. The van der Waals surface area contributed by atoms with E-state index in [0.29, 0.717) is 0 Å². The van der Waals surface area contributed by atoms with Gasteiger partial charge in [-0.3, -0.25) is 9.59 Å². The Morgan fingerprint density at radius 2 is 1.83 bits per heavy atom. The summed E-state index contributed by atoms with van der Waals surface area (Å²) in [6, 6.07) is 3.39. The first-order valence-electron chi connectivity index (χ1n) is 11.7. The molecular weight excluding hydrogens is 458 g/mol. The second kappa shape index (κ2) is 12.8. The number of hydrogen-bond acceptors (Lipinski definition) is 8.